The van der Waals surface area contributed by atoms with Crippen molar-refractivity contribution >= 4 is 41.3 Å². The predicted octanol–water partition coefficient (Wildman–Crippen LogP) is 3.28. The number of ether oxygens (including phenoxy) is 11. The van der Waals surface area contributed by atoms with Crippen LogP contribution in [0.3, 0.4) is 0 Å². The molecular formula is C62H92N6O18. The maximum atomic E-state index is 13.5. The standard InChI is InChI=1S/C62H92N6O18/c69-56(18-19-61(74)68-50-53-12-7-6-10-51(53)16-17-52-11-8-9-15-55(52)68)63-24-31-77-37-43-83-46-40-80-34-28-66(29-35-81-41-47-84-45-39-79-33-26-65-62(75)86-54-13-4-2-1-3-5-14-54)58(71)23-30-76-36-42-82-48-49-85-44-38-78-32-25-64-57(70)22-27-67-59(72)20-21-60(67)73/h6-12,15,20-21,54,59,72H,1-5,13-14,18-19,22-50H2,(H,63,69)(H,64,70)(H,65,75). The molecule has 0 bridgehead atoms. The molecule has 24 heteroatoms. The summed E-state index contributed by atoms with van der Waals surface area (Å²) < 4.78 is 61.9. The first-order valence-corrected chi connectivity index (χ1v) is 30.4. The highest BCUT2D eigenvalue weighted by Gasteiger charge is 2.25. The fourth-order valence-corrected chi connectivity index (χ4v) is 9.06. The van der Waals surface area contributed by atoms with Gasteiger partial charge in [-0.05, 0) is 55.5 Å². The minimum absolute atomic E-state index is 0.0128. The van der Waals surface area contributed by atoms with Crippen molar-refractivity contribution in [3.8, 4) is 11.8 Å². The Labute approximate surface area is 506 Å². The number of fused-ring (bicyclic) bond motifs is 2. The summed E-state index contributed by atoms with van der Waals surface area (Å²) in [6.07, 6.45) is 9.23. The number of amides is 6. The van der Waals surface area contributed by atoms with Gasteiger partial charge in [0.1, 0.15) is 12.3 Å². The van der Waals surface area contributed by atoms with Crippen molar-refractivity contribution < 1.29 is 86.0 Å². The van der Waals surface area contributed by atoms with E-state index in [1.807, 2.05) is 48.5 Å². The number of hydrogen-bond donors (Lipinski definition) is 4. The molecule has 5 rings (SSSR count). The third-order valence-corrected chi connectivity index (χ3v) is 13.7. The van der Waals surface area contributed by atoms with Crippen molar-refractivity contribution in [1.29, 1.82) is 0 Å². The summed E-state index contributed by atoms with van der Waals surface area (Å²) in [5.74, 6) is 5.32. The van der Waals surface area contributed by atoms with Gasteiger partial charge in [-0.25, -0.2) is 4.79 Å². The maximum absolute atomic E-state index is 13.5. The summed E-state index contributed by atoms with van der Waals surface area (Å²) >= 11 is 0. The Morgan fingerprint density at radius 1 is 0.523 bits per heavy atom. The average molecular weight is 1210 g/mol. The third kappa shape index (κ3) is 31.0. The molecule has 4 N–H and O–H groups in total. The number of alkyl carbamates (subject to hydrolysis) is 1. The number of benzene rings is 2. The molecule has 0 spiro atoms. The van der Waals surface area contributed by atoms with Crippen LogP contribution < -0.4 is 20.9 Å². The van der Waals surface area contributed by atoms with Crippen molar-refractivity contribution in [2.45, 2.75) is 89.5 Å². The van der Waals surface area contributed by atoms with Gasteiger partial charge in [0.15, 0.2) is 0 Å². The fourth-order valence-electron chi connectivity index (χ4n) is 9.06. The van der Waals surface area contributed by atoms with E-state index in [1.54, 1.807) is 9.80 Å². The van der Waals surface area contributed by atoms with Crippen LogP contribution in [0, 0.1) is 11.8 Å². The minimum Gasteiger partial charge on any atom is -0.446 e. The molecule has 2 aliphatic heterocycles. The van der Waals surface area contributed by atoms with Crippen LogP contribution in [-0.2, 0) is 82.6 Å². The van der Waals surface area contributed by atoms with Crippen LogP contribution in [0.2, 0.25) is 0 Å². The minimum atomic E-state index is -0.993. The Morgan fingerprint density at radius 2 is 0.988 bits per heavy atom. The maximum Gasteiger partial charge on any atom is 0.407 e. The van der Waals surface area contributed by atoms with E-state index in [2.05, 4.69) is 27.8 Å². The second-order valence-corrected chi connectivity index (χ2v) is 20.2. The van der Waals surface area contributed by atoms with Crippen LogP contribution in [0.1, 0.15) is 87.3 Å². The van der Waals surface area contributed by atoms with Crippen LogP contribution in [0.25, 0.3) is 0 Å². The number of nitrogens with zero attached hydrogens (tertiary/aromatic N) is 3. The zero-order chi connectivity index (χ0) is 60.9. The van der Waals surface area contributed by atoms with E-state index in [1.165, 1.54) is 36.3 Å². The van der Waals surface area contributed by atoms with E-state index >= 15 is 0 Å². The number of aliphatic hydroxyl groups excluding tert-OH is 1. The number of carbonyl (C=O) groups excluding carboxylic acids is 6. The normalized spacial score (nSPS) is 14.9. The Kier molecular flexibility index (Phi) is 37.2. The number of hydrogen-bond acceptors (Lipinski definition) is 18. The first-order chi connectivity index (χ1) is 42.2. The van der Waals surface area contributed by atoms with Crippen molar-refractivity contribution in [3.63, 3.8) is 0 Å². The average Bonchev–Trinajstić information content (AvgIpc) is 1.78. The number of para-hydroxylation sites is 1. The van der Waals surface area contributed by atoms with Gasteiger partial charge in [-0.3, -0.25) is 24.0 Å². The molecule has 24 nitrogen and oxygen atoms in total. The summed E-state index contributed by atoms with van der Waals surface area (Å²) in [5.41, 5.74) is 3.31. The van der Waals surface area contributed by atoms with Crippen LogP contribution in [0.5, 0.6) is 0 Å². The van der Waals surface area contributed by atoms with Crippen molar-refractivity contribution in [2.24, 2.45) is 0 Å². The lowest BCUT2D eigenvalue weighted by atomic mass is 9.99. The summed E-state index contributed by atoms with van der Waals surface area (Å²) in [5, 5.41) is 18.0. The van der Waals surface area contributed by atoms with Crippen LogP contribution in [-0.4, -0.2) is 234 Å². The fraction of sp³-hybridized carbons (Fsp3) is 0.645. The quantitative estimate of drug-likeness (QED) is 0.0547. The second kappa shape index (κ2) is 45.2. The Morgan fingerprint density at radius 3 is 1.55 bits per heavy atom. The van der Waals surface area contributed by atoms with E-state index < -0.39 is 12.3 Å². The van der Waals surface area contributed by atoms with Crippen molar-refractivity contribution in [2.75, 3.05) is 176 Å². The van der Waals surface area contributed by atoms with Gasteiger partial charge in [0.05, 0.1) is 151 Å². The first-order valence-electron chi connectivity index (χ1n) is 30.4. The Bertz CT molecular complexity index is 2360. The number of rotatable bonds is 46. The zero-order valence-corrected chi connectivity index (χ0v) is 50.0. The number of carbonyl (C=O) groups is 6. The van der Waals surface area contributed by atoms with Gasteiger partial charge >= 0.3 is 6.09 Å². The lowest BCUT2D eigenvalue weighted by molar-refractivity contribution is -0.134. The van der Waals surface area contributed by atoms with Gasteiger partial charge in [-0.2, -0.15) is 0 Å². The molecule has 86 heavy (non-hydrogen) atoms. The third-order valence-electron chi connectivity index (χ3n) is 13.7. The molecule has 2 aromatic rings. The molecular weight excluding hydrogens is 1120 g/mol. The van der Waals surface area contributed by atoms with Crippen molar-refractivity contribution in [1.82, 2.24) is 25.8 Å². The number of anilines is 1. The molecule has 2 aromatic carbocycles. The lowest BCUT2D eigenvalue weighted by Gasteiger charge is -2.26. The molecule has 6 amide bonds. The molecule has 3 aliphatic rings. The van der Waals surface area contributed by atoms with Crippen LogP contribution in [0.4, 0.5) is 10.5 Å². The van der Waals surface area contributed by atoms with Crippen LogP contribution >= 0.6 is 0 Å². The molecule has 1 aliphatic carbocycles. The largest absolute Gasteiger partial charge is 0.446 e. The smallest absolute Gasteiger partial charge is 0.407 e. The van der Waals surface area contributed by atoms with Crippen LogP contribution in [0.15, 0.2) is 60.7 Å². The molecule has 1 saturated carbocycles. The van der Waals surface area contributed by atoms with Gasteiger partial charge in [0, 0.05) is 75.7 Å². The molecule has 1 unspecified atom stereocenters. The molecule has 0 aromatic heterocycles. The predicted molar refractivity (Wildman–Crippen MR) is 317 cm³/mol. The van der Waals surface area contributed by atoms with Gasteiger partial charge < -0.3 is 87.9 Å². The SMILES string of the molecule is O=C(CCC(=O)N1Cc2ccccc2C#Cc2ccccc21)NCCOCCOCCOCCN(CCOCCOCCOCCNC(=O)OC1CCCCCCC1)C(=O)CCOCCOCCOCCOCCNC(=O)CCN1C(=O)C=CC1O. The van der Waals surface area contributed by atoms with E-state index in [4.69, 9.17) is 52.1 Å². The highest BCUT2D eigenvalue weighted by Crippen LogP contribution is 2.26. The number of nitrogens with one attached hydrogen (secondary N) is 3. The molecule has 478 valence electrons. The summed E-state index contributed by atoms with van der Waals surface area (Å²) in [6.45, 7) is 8.49. The van der Waals surface area contributed by atoms with Gasteiger partial charge in [0.25, 0.3) is 0 Å². The molecule has 2 heterocycles. The molecule has 0 radical (unpaired) electrons. The van der Waals surface area contributed by atoms with E-state index in [0.29, 0.717) is 145 Å². The first kappa shape index (κ1) is 70.7. The summed E-state index contributed by atoms with van der Waals surface area (Å²) in [4.78, 5) is 79.8. The topological polar surface area (TPSA) is 270 Å². The molecule has 0 saturated heterocycles. The summed E-state index contributed by atoms with van der Waals surface area (Å²) in [7, 11) is 0. The van der Waals surface area contributed by atoms with E-state index in [9.17, 15) is 33.9 Å². The highest BCUT2D eigenvalue weighted by atomic mass is 16.6. The Hall–Kier alpha value is -6.08. The van der Waals surface area contributed by atoms with Gasteiger partial charge in [0.2, 0.25) is 29.5 Å². The van der Waals surface area contributed by atoms with Crippen molar-refractivity contribution in [3.05, 3.63) is 77.4 Å². The second-order valence-electron chi connectivity index (χ2n) is 20.2. The highest BCUT2D eigenvalue weighted by molar-refractivity contribution is 5.97. The zero-order valence-electron chi connectivity index (χ0n) is 50.0. The monoisotopic (exact) mass is 1210 g/mol. The lowest BCUT2D eigenvalue weighted by Crippen LogP contribution is -2.37. The van der Waals surface area contributed by atoms with Gasteiger partial charge in [-0.1, -0.05) is 61.4 Å². The molecule has 1 fully saturated rings. The molecule has 1 atom stereocenters. The van der Waals surface area contributed by atoms with E-state index in [0.717, 1.165) is 48.1 Å². The van der Waals surface area contributed by atoms with Gasteiger partial charge in [-0.15, -0.1) is 0 Å². The summed E-state index contributed by atoms with van der Waals surface area (Å²) in [6, 6.07) is 15.3. The number of aliphatic hydroxyl groups is 1. The Balaban J connectivity index is 0.859. The van der Waals surface area contributed by atoms with E-state index in [-0.39, 0.29) is 94.3 Å².